The van der Waals surface area contributed by atoms with Gasteiger partial charge in [-0.25, -0.2) is 0 Å². The van der Waals surface area contributed by atoms with Crippen molar-refractivity contribution in [1.82, 2.24) is 9.47 Å². The lowest BCUT2D eigenvalue weighted by molar-refractivity contribution is -0.00565. The number of piperidine rings is 1. The number of hydrogen-bond donors (Lipinski definition) is 1. The van der Waals surface area contributed by atoms with E-state index < -0.39 is 0 Å². The van der Waals surface area contributed by atoms with E-state index >= 15 is 0 Å². The van der Waals surface area contributed by atoms with Gasteiger partial charge in [-0.15, -0.1) is 0 Å². The molecule has 1 saturated carbocycles. The number of aromatic nitrogens is 1. The Hall–Kier alpha value is -1.52. The number of fused-ring (bicyclic) bond motifs is 1. The number of halogens is 1. The van der Waals surface area contributed by atoms with Crippen LogP contribution in [0.5, 0.6) is 0 Å². The van der Waals surface area contributed by atoms with Gasteiger partial charge in [-0.05, 0) is 37.8 Å². The number of benzene rings is 1. The maximum absolute atomic E-state index is 13.1. The minimum absolute atomic E-state index is 0.0444. The number of carbonyl (C=O) groups excluding carboxylic acids is 1. The van der Waals surface area contributed by atoms with Crippen LogP contribution in [0.25, 0.3) is 10.9 Å². The lowest BCUT2D eigenvalue weighted by Gasteiger charge is -2.42. The summed E-state index contributed by atoms with van der Waals surface area (Å²) in [7, 11) is 1.89. The maximum atomic E-state index is 13.1. The number of aliphatic hydroxyl groups excluding tert-OH is 1. The van der Waals surface area contributed by atoms with Crippen LogP contribution in [0.15, 0.2) is 24.3 Å². The highest BCUT2D eigenvalue weighted by atomic mass is 35.5. The van der Waals surface area contributed by atoms with Crippen molar-refractivity contribution in [1.29, 1.82) is 0 Å². The molecule has 0 radical (unpaired) electrons. The summed E-state index contributed by atoms with van der Waals surface area (Å²) in [6.45, 7) is 1.44. The minimum atomic E-state index is -0.268. The normalized spacial score (nSPS) is 27.3. The molecular weight excluding hydrogens is 324 g/mol. The third kappa shape index (κ3) is 2.35. The van der Waals surface area contributed by atoms with E-state index in [2.05, 4.69) is 0 Å². The summed E-state index contributed by atoms with van der Waals surface area (Å²) in [4.78, 5) is 15.1. The number of para-hydroxylation sites is 1. The van der Waals surface area contributed by atoms with Crippen LogP contribution in [-0.2, 0) is 7.05 Å². The van der Waals surface area contributed by atoms with Gasteiger partial charge < -0.3 is 14.6 Å². The fourth-order valence-corrected chi connectivity index (χ4v) is 4.97. The van der Waals surface area contributed by atoms with Crippen LogP contribution >= 0.6 is 11.6 Å². The highest BCUT2D eigenvalue weighted by Crippen LogP contribution is 2.45. The van der Waals surface area contributed by atoms with Crippen LogP contribution in [0.1, 0.15) is 42.6 Å². The Morgan fingerprint density at radius 3 is 2.83 bits per heavy atom. The van der Waals surface area contributed by atoms with E-state index in [1.165, 1.54) is 0 Å². The topological polar surface area (TPSA) is 45.5 Å². The summed E-state index contributed by atoms with van der Waals surface area (Å²) in [5.74, 6) is 0.0444. The van der Waals surface area contributed by atoms with Gasteiger partial charge in [0, 0.05) is 30.9 Å². The monoisotopic (exact) mass is 346 g/mol. The summed E-state index contributed by atoms with van der Waals surface area (Å²) >= 11 is 6.30. The predicted octanol–water partition coefficient (Wildman–Crippen LogP) is 3.60. The zero-order valence-electron chi connectivity index (χ0n) is 14.0. The molecule has 1 aliphatic heterocycles. The number of likely N-dealkylation sites (tertiary alicyclic amines) is 1. The number of hydrogen-bond acceptors (Lipinski definition) is 2. The average Bonchev–Trinajstić information content (AvgIpc) is 3.09. The van der Waals surface area contributed by atoms with Gasteiger partial charge in [0.2, 0.25) is 0 Å². The quantitative estimate of drug-likeness (QED) is 0.857. The second kappa shape index (κ2) is 5.78. The van der Waals surface area contributed by atoms with Gasteiger partial charge in [0.15, 0.2) is 0 Å². The lowest BCUT2D eigenvalue weighted by atomic mass is 9.76. The van der Waals surface area contributed by atoms with Crippen LogP contribution in [-0.4, -0.2) is 39.7 Å². The minimum Gasteiger partial charge on any atom is -0.392 e. The highest BCUT2D eigenvalue weighted by molar-refractivity contribution is 6.35. The maximum Gasteiger partial charge on any atom is 0.270 e. The van der Waals surface area contributed by atoms with Crippen molar-refractivity contribution in [3.8, 4) is 0 Å². The van der Waals surface area contributed by atoms with Gasteiger partial charge in [-0.1, -0.05) is 30.2 Å². The molecular formula is C19H23ClN2O2. The van der Waals surface area contributed by atoms with Gasteiger partial charge in [0.05, 0.1) is 16.6 Å². The second-order valence-corrected chi connectivity index (χ2v) is 7.77. The van der Waals surface area contributed by atoms with Crippen molar-refractivity contribution < 1.29 is 9.90 Å². The van der Waals surface area contributed by atoms with E-state index in [0.29, 0.717) is 17.3 Å². The third-order valence-electron chi connectivity index (χ3n) is 5.98. The molecule has 1 aromatic heterocycles. The summed E-state index contributed by atoms with van der Waals surface area (Å²) in [5.41, 5.74) is 1.48. The molecule has 5 heteroatoms. The Morgan fingerprint density at radius 2 is 2.12 bits per heavy atom. The van der Waals surface area contributed by atoms with Crippen molar-refractivity contribution in [2.45, 2.75) is 38.2 Å². The van der Waals surface area contributed by atoms with E-state index in [-0.39, 0.29) is 17.4 Å². The zero-order chi connectivity index (χ0) is 16.9. The van der Waals surface area contributed by atoms with Crippen LogP contribution in [0, 0.1) is 5.41 Å². The fourth-order valence-electron chi connectivity index (χ4n) is 4.66. The van der Waals surface area contributed by atoms with Crippen molar-refractivity contribution in [2.24, 2.45) is 12.5 Å². The Balaban J connectivity index is 1.66. The molecule has 1 amide bonds. The molecule has 128 valence electrons. The molecule has 24 heavy (non-hydrogen) atoms. The summed E-state index contributed by atoms with van der Waals surface area (Å²) in [6, 6.07) is 7.67. The Bertz CT molecular complexity index is 800. The third-order valence-corrected chi connectivity index (χ3v) is 6.29. The summed E-state index contributed by atoms with van der Waals surface area (Å²) in [5, 5.41) is 12.1. The van der Waals surface area contributed by atoms with E-state index in [1.807, 2.05) is 40.8 Å². The second-order valence-electron chi connectivity index (χ2n) is 7.37. The number of aliphatic hydroxyl groups is 1. The van der Waals surface area contributed by atoms with Crippen LogP contribution < -0.4 is 0 Å². The van der Waals surface area contributed by atoms with Crippen molar-refractivity contribution in [3.05, 3.63) is 35.0 Å². The SMILES string of the molecule is Cn1c(C(=O)N2CCC[C@]3(CCC[C@H]3O)C2)cc2cccc(Cl)c21. The van der Waals surface area contributed by atoms with Gasteiger partial charge in [-0.2, -0.15) is 0 Å². The lowest BCUT2D eigenvalue weighted by Crippen LogP contribution is -2.49. The molecule has 2 atom stereocenters. The van der Waals surface area contributed by atoms with E-state index in [1.54, 1.807) is 0 Å². The first kappa shape index (κ1) is 16.0. The number of nitrogens with zero attached hydrogens (tertiary/aromatic N) is 2. The van der Waals surface area contributed by atoms with E-state index in [9.17, 15) is 9.90 Å². The molecule has 1 spiro atoms. The highest BCUT2D eigenvalue weighted by Gasteiger charge is 2.45. The molecule has 2 aromatic rings. The number of rotatable bonds is 1. The largest absolute Gasteiger partial charge is 0.392 e. The van der Waals surface area contributed by atoms with Crippen molar-refractivity contribution >= 4 is 28.4 Å². The molecule has 4 nitrogen and oxygen atoms in total. The Morgan fingerprint density at radius 1 is 1.33 bits per heavy atom. The number of amides is 1. The molecule has 0 bridgehead atoms. The molecule has 2 fully saturated rings. The van der Waals surface area contributed by atoms with Crippen LogP contribution in [0.4, 0.5) is 0 Å². The molecule has 4 rings (SSSR count). The van der Waals surface area contributed by atoms with Crippen LogP contribution in [0.3, 0.4) is 0 Å². The molecule has 0 unspecified atom stereocenters. The molecule has 1 aromatic carbocycles. The van der Waals surface area contributed by atoms with Crippen molar-refractivity contribution in [2.75, 3.05) is 13.1 Å². The smallest absolute Gasteiger partial charge is 0.270 e. The number of carbonyl (C=O) groups is 1. The number of aryl methyl sites for hydroxylation is 1. The average molecular weight is 347 g/mol. The van der Waals surface area contributed by atoms with E-state index in [4.69, 9.17) is 11.6 Å². The van der Waals surface area contributed by atoms with Crippen molar-refractivity contribution in [3.63, 3.8) is 0 Å². The Kier molecular flexibility index (Phi) is 3.85. The summed E-state index contributed by atoms with van der Waals surface area (Å²) < 4.78 is 1.90. The fraction of sp³-hybridized carbons (Fsp3) is 0.526. The van der Waals surface area contributed by atoms with Gasteiger partial charge in [-0.3, -0.25) is 4.79 Å². The zero-order valence-corrected chi connectivity index (χ0v) is 14.7. The van der Waals surface area contributed by atoms with E-state index in [0.717, 1.165) is 49.6 Å². The van der Waals surface area contributed by atoms with Gasteiger partial charge in [0.1, 0.15) is 5.69 Å². The van der Waals surface area contributed by atoms with Crippen LogP contribution in [0.2, 0.25) is 5.02 Å². The van der Waals surface area contributed by atoms with Gasteiger partial charge >= 0.3 is 0 Å². The van der Waals surface area contributed by atoms with Gasteiger partial charge in [0.25, 0.3) is 5.91 Å². The molecule has 1 N–H and O–H groups in total. The standard InChI is InChI=1S/C19H23ClN2O2/c1-21-15(11-13-5-2-6-14(20)17(13)21)18(24)22-10-4-9-19(12-22)8-3-7-16(19)23/h2,5-6,11,16,23H,3-4,7-10,12H2,1H3/t16-,19-/m1/s1. The first-order chi connectivity index (χ1) is 11.5. The predicted molar refractivity (Wildman–Crippen MR) is 95.4 cm³/mol. The molecule has 2 aliphatic rings. The Labute approximate surface area is 147 Å². The molecule has 2 heterocycles. The summed E-state index contributed by atoms with van der Waals surface area (Å²) in [6.07, 6.45) is 4.68. The first-order valence-electron chi connectivity index (χ1n) is 8.73. The first-order valence-corrected chi connectivity index (χ1v) is 9.11. The molecule has 1 saturated heterocycles. The molecule has 1 aliphatic carbocycles.